The van der Waals surface area contributed by atoms with E-state index in [2.05, 4.69) is 9.88 Å². The monoisotopic (exact) mass is 477 g/mol. The standard InChI is InChI=1S/C19H29N3O2S.C2HF3O2/c1-14-17(25-15(2)20-14)18(23)22-9-5-19(6-10-22)11-16(24-13-19)12-21-7-3-4-8-21;3-2(4,5)1(6)7/h16H,3-13H2,1-2H3;(H,6,7). The molecule has 1 unspecified atom stereocenters. The molecule has 3 saturated heterocycles. The average molecular weight is 478 g/mol. The third kappa shape index (κ3) is 6.20. The summed E-state index contributed by atoms with van der Waals surface area (Å²) in [7, 11) is 0. The summed E-state index contributed by atoms with van der Waals surface area (Å²) in [6.07, 6.45) is 1.31. The minimum Gasteiger partial charge on any atom is -0.475 e. The van der Waals surface area contributed by atoms with E-state index in [9.17, 15) is 18.0 Å². The maximum Gasteiger partial charge on any atom is 0.490 e. The Bertz CT molecular complexity index is 816. The molecule has 3 aliphatic rings. The third-order valence-corrected chi connectivity index (χ3v) is 7.46. The molecule has 0 aliphatic carbocycles. The van der Waals surface area contributed by atoms with Gasteiger partial charge in [-0.05, 0) is 64.5 Å². The van der Waals surface area contributed by atoms with Crippen molar-refractivity contribution in [3.63, 3.8) is 0 Å². The summed E-state index contributed by atoms with van der Waals surface area (Å²) in [5, 5.41) is 8.10. The predicted molar refractivity (Wildman–Crippen MR) is 113 cm³/mol. The number of halogens is 3. The summed E-state index contributed by atoms with van der Waals surface area (Å²) in [4.78, 5) is 31.5. The van der Waals surface area contributed by atoms with Crippen LogP contribution in [0.4, 0.5) is 13.2 Å². The summed E-state index contributed by atoms with van der Waals surface area (Å²) in [5.74, 6) is -2.59. The van der Waals surface area contributed by atoms with Crippen LogP contribution in [0.5, 0.6) is 0 Å². The first-order chi connectivity index (χ1) is 15.0. The Morgan fingerprint density at radius 1 is 1.19 bits per heavy atom. The number of hydrogen-bond donors (Lipinski definition) is 1. The van der Waals surface area contributed by atoms with E-state index in [1.807, 2.05) is 18.7 Å². The molecule has 0 bridgehead atoms. The highest BCUT2D eigenvalue weighted by Crippen LogP contribution is 2.42. The molecule has 3 fully saturated rings. The van der Waals surface area contributed by atoms with Crippen LogP contribution in [0.15, 0.2) is 0 Å². The highest BCUT2D eigenvalue weighted by molar-refractivity contribution is 7.13. The number of aryl methyl sites for hydroxylation is 2. The fourth-order valence-electron chi connectivity index (χ4n) is 4.67. The van der Waals surface area contributed by atoms with Gasteiger partial charge in [-0.25, -0.2) is 9.78 Å². The number of aromatic nitrogens is 1. The Labute approximate surface area is 189 Å². The van der Waals surface area contributed by atoms with Crippen molar-refractivity contribution in [2.24, 2.45) is 5.41 Å². The highest BCUT2D eigenvalue weighted by atomic mass is 32.1. The number of ether oxygens (including phenoxy) is 1. The van der Waals surface area contributed by atoms with E-state index in [0.717, 1.165) is 54.7 Å². The Kier molecular flexibility index (Phi) is 7.82. The number of carbonyl (C=O) groups excluding carboxylic acids is 1. The van der Waals surface area contributed by atoms with E-state index >= 15 is 0 Å². The number of piperidine rings is 1. The number of carboxylic acid groups (broad SMARTS) is 1. The molecule has 1 N–H and O–H groups in total. The highest BCUT2D eigenvalue weighted by Gasteiger charge is 2.43. The van der Waals surface area contributed by atoms with Crippen LogP contribution in [-0.4, -0.2) is 83.4 Å². The fraction of sp³-hybridized carbons (Fsp3) is 0.762. The zero-order chi connectivity index (χ0) is 23.5. The molecule has 1 atom stereocenters. The Hall–Kier alpha value is -1.72. The van der Waals surface area contributed by atoms with Crippen molar-refractivity contribution in [1.29, 1.82) is 0 Å². The van der Waals surface area contributed by atoms with Crippen LogP contribution < -0.4 is 0 Å². The van der Waals surface area contributed by atoms with Gasteiger partial charge in [0.2, 0.25) is 0 Å². The van der Waals surface area contributed by atoms with Crippen molar-refractivity contribution in [3.8, 4) is 0 Å². The summed E-state index contributed by atoms with van der Waals surface area (Å²) in [6, 6.07) is 0. The topological polar surface area (TPSA) is 83.0 Å². The van der Waals surface area contributed by atoms with Crippen molar-refractivity contribution >= 4 is 23.2 Å². The van der Waals surface area contributed by atoms with Gasteiger partial charge in [0.15, 0.2) is 0 Å². The Balaban J connectivity index is 0.000000360. The number of aliphatic carboxylic acids is 1. The summed E-state index contributed by atoms with van der Waals surface area (Å²) in [5.41, 5.74) is 1.18. The molecule has 180 valence electrons. The molecule has 1 spiro atoms. The molecular weight excluding hydrogens is 447 g/mol. The smallest absolute Gasteiger partial charge is 0.475 e. The zero-order valence-corrected chi connectivity index (χ0v) is 19.2. The maximum atomic E-state index is 12.8. The summed E-state index contributed by atoms with van der Waals surface area (Å²) in [6.45, 7) is 10.1. The summed E-state index contributed by atoms with van der Waals surface area (Å²) >= 11 is 1.53. The number of alkyl halides is 3. The van der Waals surface area contributed by atoms with Crippen LogP contribution in [0.1, 0.15) is 52.5 Å². The first-order valence-corrected chi connectivity index (χ1v) is 11.7. The number of carbonyl (C=O) groups is 2. The number of likely N-dealkylation sites (tertiary alicyclic amines) is 2. The number of thiazole rings is 1. The van der Waals surface area contributed by atoms with Gasteiger partial charge in [0, 0.05) is 19.6 Å². The van der Waals surface area contributed by atoms with Crippen molar-refractivity contribution in [2.75, 3.05) is 39.3 Å². The third-order valence-electron chi connectivity index (χ3n) is 6.40. The molecule has 4 rings (SSSR count). The van der Waals surface area contributed by atoms with E-state index in [4.69, 9.17) is 14.6 Å². The van der Waals surface area contributed by atoms with E-state index in [-0.39, 0.29) is 5.91 Å². The second-order valence-electron chi connectivity index (χ2n) is 8.89. The lowest BCUT2D eigenvalue weighted by atomic mass is 9.76. The van der Waals surface area contributed by atoms with Crippen LogP contribution >= 0.6 is 11.3 Å². The molecular formula is C21H30F3N3O4S. The minimum absolute atomic E-state index is 0.172. The molecule has 0 aromatic carbocycles. The van der Waals surface area contributed by atoms with Gasteiger partial charge in [-0.2, -0.15) is 13.2 Å². The molecule has 0 radical (unpaired) electrons. The summed E-state index contributed by atoms with van der Waals surface area (Å²) < 4.78 is 37.9. The Morgan fingerprint density at radius 2 is 1.78 bits per heavy atom. The second-order valence-corrected chi connectivity index (χ2v) is 10.1. The van der Waals surface area contributed by atoms with Crippen LogP contribution in [0.3, 0.4) is 0 Å². The number of rotatable bonds is 3. The largest absolute Gasteiger partial charge is 0.490 e. The molecule has 1 amide bonds. The van der Waals surface area contributed by atoms with Gasteiger partial charge in [0.1, 0.15) is 4.88 Å². The molecule has 7 nitrogen and oxygen atoms in total. The zero-order valence-electron chi connectivity index (χ0n) is 18.4. The average Bonchev–Trinajstić information content (AvgIpc) is 3.44. The molecule has 3 aliphatic heterocycles. The normalized spacial score (nSPS) is 23.3. The number of hydrogen-bond acceptors (Lipinski definition) is 6. The second kappa shape index (κ2) is 10.0. The molecule has 1 aromatic rings. The minimum atomic E-state index is -5.08. The van der Waals surface area contributed by atoms with Gasteiger partial charge in [0.25, 0.3) is 5.91 Å². The van der Waals surface area contributed by atoms with Gasteiger partial charge < -0.3 is 19.6 Å². The first-order valence-electron chi connectivity index (χ1n) is 10.9. The van der Waals surface area contributed by atoms with E-state index in [0.29, 0.717) is 11.5 Å². The molecule has 4 heterocycles. The van der Waals surface area contributed by atoms with E-state index in [1.165, 1.54) is 43.7 Å². The van der Waals surface area contributed by atoms with Crippen molar-refractivity contribution < 1.29 is 32.6 Å². The predicted octanol–water partition coefficient (Wildman–Crippen LogP) is 3.50. The first kappa shape index (κ1) is 24.9. The van der Waals surface area contributed by atoms with Gasteiger partial charge in [-0.1, -0.05) is 0 Å². The van der Waals surface area contributed by atoms with Gasteiger partial charge in [-0.15, -0.1) is 11.3 Å². The maximum absolute atomic E-state index is 12.8. The number of nitrogens with zero attached hydrogens (tertiary/aromatic N) is 3. The lowest BCUT2D eigenvalue weighted by Gasteiger charge is -2.38. The van der Waals surface area contributed by atoms with Crippen molar-refractivity contribution in [3.05, 3.63) is 15.6 Å². The molecule has 0 saturated carbocycles. The number of amides is 1. The van der Waals surface area contributed by atoms with Crippen LogP contribution in [0.2, 0.25) is 0 Å². The lowest BCUT2D eigenvalue weighted by molar-refractivity contribution is -0.192. The Morgan fingerprint density at radius 3 is 2.28 bits per heavy atom. The molecule has 1 aromatic heterocycles. The van der Waals surface area contributed by atoms with Gasteiger partial charge in [-0.3, -0.25) is 4.79 Å². The number of carboxylic acids is 1. The van der Waals surface area contributed by atoms with E-state index < -0.39 is 12.1 Å². The quantitative estimate of drug-likeness (QED) is 0.718. The van der Waals surface area contributed by atoms with Gasteiger partial charge in [0.05, 0.1) is 23.4 Å². The molecule has 11 heteroatoms. The fourth-order valence-corrected chi connectivity index (χ4v) is 5.56. The van der Waals surface area contributed by atoms with Crippen LogP contribution in [0, 0.1) is 19.3 Å². The van der Waals surface area contributed by atoms with E-state index in [1.54, 1.807) is 0 Å². The lowest BCUT2D eigenvalue weighted by Crippen LogP contribution is -2.43. The van der Waals surface area contributed by atoms with Gasteiger partial charge >= 0.3 is 12.1 Å². The van der Waals surface area contributed by atoms with Crippen LogP contribution in [-0.2, 0) is 9.53 Å². The molecule has 32 heavy (non-hydrogen) atoms. The van der Waals surface area contributed by atoms with Crippen molar-refractivity contribution in [1.82, 2.24) is 14.8 Å². The van der Waals surface area contributed by atoms with Crippen LogP contribution in [0.25, 0.3) is 0 Å². The SMILES string of the molecule is Cc1nc(C)c(C(=O)N2CCC3(CC2)COC(CN2CCCC2)C3)s1.O=C(O)C(F)(F)F. The van der Waals surface area contributed by atoms with Crippen molar-refractivity contribution in [2.45, 2.75) is 58.2 Å².